The van der Waals surface area contributed by atoms with Crippen LogP contribution in [0.5, 0.6) is 5.75 Å². The van der Waals surface area contributed by atoms with Gasteiger partial charge in [-0.1, -0.05) is 18.2 Å². The molecule has 2 N–H and O–H groups in total. The van der Waals surface area contributed by atoms with Crippen LogP contribution in [0.4, 0.5) is 15.8 Å². The number of benzene rings is 2. The highest BCUT2D eigenvalue weighted by Crippen LogP contribution is 2.26. The second-order valence-corrected chi connectivity index (χ2v) is 7.02. The van der Waals surface area contributed by atoms with Gasteiger partial charge in [-0.05, 0) is 68.4 Å². The van der Waals surface area contributed by atoms with Gasteiger partial charge in [0.05, 0.1) is 36.4 Å². The Hall–Kier alpha value is -2.93. The summed E-state index contributed by atoms with van der Waals surface area (Å²) in [7, 11) is 1.63. The first-order valence-corrected chi connectivity index (χ1v) is 9.29. The molecule has 0 fully saturated rings. The molecule has 0 aliphatic heterocycles. The van der Waals surface area contributed by atoms with Gasteiger partial charge in [-0.3, -0.25) is 4.68 Å². The fourth-order valence-corrected chi connectivity index (χ4v) is 3.19. The predicted octanol–water partition coefficient (Wildman–Crippen LogP) is 4.81. The molecule has 0 spiro atoms. The van der Waals surface area contributed by atoms with Gasteiger partial charge in [0.15, 0.2) is 5.11 Å². The average Bonchev–Trinajstić information content (AvgIpc) is 2.91. The summed E-state index contributed by atoms with van der Waals surface area (Å²) in [6.45, 7) is 6.46. The molecular weight excluding hydrogens is 375 g/mol. The number of ether oxygens (including phenoxy) is 1. The lowest BCUT2D eigenvalue weighted by Crippen LogP contribution is -2.20. The van der Waals surface area contributed by atoms with Crippen LogP contribution in [-0.2, 0) is 6.54 Å². The minimum atomic E-state index is -0.248. The Bertz CT molecular complexity index is 998. The van der Waals surface area contributed by atoms with Gasteiger partial charge < -0.3 is 15.4 Å². The zero-order valence-corrected chi connectivity index (χ0v) is 17.2. The van der Waals surface area contributed by atoms with Crippen LogP contribution in [0.25, 0.3) is 0 Å². The summed E-state index contributed by atoms with van der Waals surface area (Å²) in [5.41, 5.74) is 5.51. The molecular formula is C21H23FN4OS. The second-order valence-electron chi connectivity index (χ2n) is 6.61. The SMILES string of the molecule is COc1ccc(C)cc1NC(=S)Nc1c(C)nn(Cc2ccc(F)cc2)c1C. The van der Waals surface area contributed by atoms with E-state index in [9.17, 15) is 4.39 Å². The molecule has 0 saturated heterocycles. The summed E-state index contributed by atoms with van der Waals surface area (Å²) >= 11 is 5.48. The van der Waals surface area contributed by atoms with Crippen LogP contribution in [-0.4, -0.2) is 22.0 Å². The van der Waals surface area contributed by atoms with E-state index in [1.54, 1.807) is 19.2 Å². The van der Waals surface area contributed by atoms with Crippen LogP contribution in [0.1, 0.15) is 22.5 Å². The first kappa shape index (κ1) is 19.8. The Labute approximate surface area is 169 Å². The summed E-state index contributed by atoms with van der Waals surface area (Å²) in [5, 5.41) is 11.5. The predicted molar refractivity (Wildman–Crippen MR) is 115 cm³/mol. The van der Waals surface area contributed by atoms with Crippen molar-refractivity contribution in [3.05, 3.63) is 70.8 Å². The molecule has 2 aromatic carbocycles. The number of thiocarbonyl (C=S) groups is 1. The first-order valence-electron chi connectivity index (χ1n) is 8.88. The van der Waals surface area contributed by atoms with Crippen molar-refractivity contribution in [2.45, 2.75) is 27.3 Å². The number of aryl methyl sites for hydroxylation is 2. The molecule has 0 amide bonds. The van der Waals surface area contributed by atoms with E-state index in [0.717, 1.165) is 39.6 Å². The van der Waals surface area contributed by atoms with Crippen LogP contribution in [0.15, 0.2) is 42.5 Å². The zero-order chi connectivity index (χ0) is 20.3. The molecule has 1 heterocycles. The van der Waals surface area contributed by atoms with E-state index in [1.807, 2.05) is 43.7 Å². The molecule has 146 valence electrons. The smallest absolute Gasteiger partial charge is 0.175 e. The number of methoxy groups -OCH3 is 1. The van der Waals surface area contributed by atoms with E-state index in [2.05, 4.69) is 15.7 Å². The quantitative estimate of drug-likeness (QED) is 0.604. The lowest BCUT2D eigenvalue weighted by atomic mass is 10.2. The third-order valence-corrected chi connectivity index (χ3v) is 4.67. The molecule has 0 aliphatic carbocycles. The fraction of sp³-hybridized carbons (Fsp3) is 0.238. The Morgan fingerprint density at radius 1 is 1.11 bits per heavy atom. The summed E-state index contributed by atoms with van der Waals surface area (Å²) < 4.78 is 20.4. The largest absolute Gasteiger partial charge is 0.495 e. The maximum atomic E-state index is 13.1. The molecule has 0 unspecified atom stereocenters. The number of hydrogen-bond acceptors (Lipinski definition) is 3. The molecule has 0 bridgehead atoms. The topological polar surface area (TPSA) is 51.1 Å². The van der Waals surface area contributed by atoms with Crippen LogP contribution in [0, 0.1) is 26.6 Å². The highest BCUT2D eigenvalue weighted by Gasteiger charge is 2.14. The summed E-state index contributed by atoms with van der Waals surface area (Å²) in [4.78, 5) is 0. The van der Waals surface area contributed by atoms with Crippen molar-refractivity contribution in [1.29, 1.82) is 0 Å². The number of aromatic nitrogens is 2. The molecule has 0 aliphatic rings. The van der Waals surface area contributed by atoms with E-state index < -0.39 is 0 Å². The van der Waals surface area contributed by atoms with Gasteiger partial charge in [0.25, 0.3) is 0 Å². The zero-order valence-electron chi connectivity index (χ0n) is 16.3. The van der Waals surface area contributed by atoms with Gasteiger partial charge in [-0.25, -0.2) is 4.39 Å². The highest BCUT2D eigenvalue weighted by atomic mass is 32.1. The van der Waals surface area contributed by atoms with Crippen molar-refractivity contribution in [2.24, 2.45) is 0 Å². The van der Waals surface area contributed by atoms with Gasteiger partial charge >= 0.3 is 0 Å². The first-order chi connectivity index (χ1) is 13.4. The van der Waals surface area contributed by atoms with E-state index in [1.165, 1.54) is 12.1 Å². The lowest BCUT2D eigenvalue weighted by Gasteiger charge is -2.14. The molecule has 3 rings (SSSR count). The minimum Gasteiger partial charge on any atom is -0.495 e. The monoisotopic (exact) mass is 398 g/mol. The number of hydrogen-bond donors (Lipinski definition) is 2. The van der Waals surface area contributed by atoms with Crippen LogP contribution >= 0.6 is 12.2 Å². The normalized spacial score (nSPS) is 10.6. The highest BCUT2D eigenvalue weighted by molar-refractivity contribution is 7.80. The van der Waals surface area contributed by atoms with Crippen LogP contribution in [0.3, 0.4) is 0 Å². The van der Waals surface area contributed by atoms with Crippen LogP contribution in [0.2, 0.25) is 0 Å². The number of nitrogens with zero attached hydrogens (tertiary/aromatic N) is 2. The maximum absolute atomic E-state index is 13.1. The van der Waals surface area contributed by atoms with Gasteiger partial charge in [-0.2, -0.15) is 5.10 Å². The van der Waals surface area contributed by atoms with Gasteiger partial charge in [0, 0.05) is 0 Å². The van der Waals surface area contributed by atoms with Crippen molar-refractivity contribution in [3.8, 4) is 5.75 Å². The van der Waals surface area contributed by atoms with Gasteiger partial charge in [0.2, 0.25) is 0 Å². The molecule has 3 aromatic rings. The Balaban J connectivity index is 1.75. The van der Waals surface area contributed by atoms with E-state index in [4.69, 9.17) is 17.0 Å². The van der Waals surface area contributed by atoms with E-state index >= 15 is 0 Å². The van der Waals surface area contributed by atoms with Crippen molar-refractivity contribution >= 4 is 28.7 Å². The maximum Gasteiger partial charge on any atom is 0.175 e. The molecule has 1 aromatic heterocycles. The number of nitrogens with one attached hydrogen (secondary N) is 2. The summed E-state index contributed by atoms with van der Waals surface area (Å²) in [6.07, 6.45) is 0. The molecule has 7 heteroatoms. The standard InChI is InChI=1S/C21H23FN4OS/c1-13-5-10-19(27-4)18(11-13)23-21(28)24-20-14(2)25-26(15(20)3)12-16-6-8-17(22)9-7-16/h5-11H,12H2,1-4H3,(H2,23,24,28). The van der Waals surface area contributed by atoms with Gasteiger partial charge in [-0.15, -0.1) is 0 Å². The van der Waals surface area contributed by atoms with Gasteiger partial charge in [0.1, 0.15) is 11.6 Å². The molecule has 0 saturated carbocycles. The van der Waals surface area contributed by atoms with Crippen molar-refractivity contribution in [1.82, 2.24) is 9.78 Å². The van der Waals surface area contributed by atoms with Crippen LogP contribution < -0.4 is 15.4 Å². The average molecular weight is 399 g/mol. The Morgan fingerprint density at radius 3 is 2.50 bits per heavy atom. The minimum absolute atomic E-state index is 0.248. The van der Waals surface area contributed by atoms with E-state index in [-0.39, 0.29) is 5.82 Å². The number of anilines is 2. The molecule has 0 atom stereocenters. The van der Waals surface area contributed by atoms with Crippen molar-refractivity contribution in [2.75, 3.05) is 17.7 Å². The Morgan fingerprint density at radius 2 is 1.82 bits per heavy atom. The molecule has 0 radical (unpaired) electrons. The number of halogens is 1. The van der Waals surface area contributed by atoms with E-state index in [0.29, 0.717) is 11.7 Å². The second kappa shape index (κ2) is 8.39. The van der Waals surface area contributed by atoms with Crippen molar-refractivity contribution in [3.63, 3.8) is 0 Å². The summed E-state index contributed by atoms with van der Waals surface area (Å²) in [6, 6.07) is 12.3. The van der Waals surface area contributed by atoms with Crippen molar-refractivity contribution < 1.29 is 9.13 Å². The molecule has 5 nitrogen and oxygen atoms in total. The summed E-state index contributed by atoms with van der Waals surface area (Å²) in [5.74, 6) is 0.470. The third kappa shape index (κ3) is 4.48. The number of rotatable bonds is 5. The fourth-order valence-electron chi connectivity index (χ4n) is 2.98. The Kier molecular flexibility index (Phi) is 5.94. The third-order valence-electron chi connectivity index (χ3n) is 4.47. The molecule has 28 heavy (non-hydrogen) atoms. The lowest BCUT2D eigenvalue weighted by molar-refractivity contribution is 0.417.